The maximum Gasteiger partial charge on any atom is 0.248 e. The molecule has 0 saturated heterocycles. The van der Waals surface area contributed by atoms with Crippen molar-refractivity contribution in [3.05, 3.63) is 35.1 Å². The Morgan fingerprint density at radius 3 is 1.94 bits per heavy atom. The number of halogens is 5. The Morgan fingerprint density at radius 1 is 0.889 bits per heavy atom. The van der Waals surface area contributed by atoms with Crippen LogP contribution in [0.15, 0.2) is 12.1 Å². The molecular weight excluding hydrogens is 253 g/mol. The monoisotopic (exact) mass is 265 g/mol. The minimum Gasteiger partial charge on any atom is -0.321 e. The summed E-state index contributed by atoms with van der Waals surface area (Å²) in [5.41, 5.74) is 3.59. The molecular formula is C12H12F5N. The first kappa shape index (κ1) is 13.3. The molecule has 1 nitrogen and oxygen atoms in total. The highest BCUT2D eigenvalue weighted by Crippen LogP contribution is 2.43. The van der Waals surface area contributed by atoms with Gasteiger partial charge in [0.05, 0.1) is 0 Å². The molecule has 2 rings (SSSR count). The van der Waals surface area contributed by atoms with Crippen molar-refractivity contribution >= 4 is 0 Å². The molecule has 1 aliphatic carbocycles. The van der Waals surface area contributed by atoms with Crippen LogP contribution in [0.4, 0.5) is 22.0 Å². The van der Waals surface area contributed by atoms with E-state index in [9.17, 15) is 22.0 Å². The average Bonchev–Trinajstić information content (AvgIpc) is 2.29. The lowest BCUT2D eigenvalue weighted by molar-refractivity contribution is -0.0523. The zero-order chi connectivity index (χ0) is 13.6. The number of benzene rings is 1. The lowest BCUT2D eigenvalue weighted by atomic mass is 9.75. The predicted octanol–water partition coefficient (Wildman–Crippen LogP) is 3.47. The van der Waals surface area contributed by atoms with Crippen molar-refractivity contribution < 1.29 is 22.0 Å². The summed E-state index contributed by atoms with van der Waals surface area (Å²) in [6.07, 6.45) is -1.67. The molecule has 0 heterocycles. The first-order valence-corrected chi connectivity index (χ1v) is 5.56. The van der Waals surface area contributed by atoms with Gasteiger partial charge in [-0.05, 0) is 25.0 Å². The number of rotatable bonds is 1. The van der Waals surface area contributed by atoms with Crippen molar-refractivity contribution in [2.75, 3.05) is 0 Å². The number of hydrogen-bond donors (Lipinski definition) is 1. The van der Waals surface area contributed by atoms with Crippen molar-refractivity contribution in [2.24, 2.45) is 5.73 Å². The van der Waals surface area contributed by atoms with Gasteiger partial charge in [-0.1, -0.05) is 0 Å². The summed E-state index contributed by atoms with van der Waals surface area (Å²) in [6.45, 7) is 0. The van der Waals surface area contributed by atoms with Crippen molar-refractivity contribution in [2.45, 2.75) is 37.1 Å². The third-order valence-electron chi connectivity index (χ3n) is 3.42. The van der Waals surface area contributed by atoms with E-state index < -0.39 is 47.3 Å². The maximum absolute atomic E-state index is 13.6. The Kier molecular flexibility index (Phi) is 3.09. The topological polar surface area (TPSA) is 26.0 Å². The summed E-state index contributed by atoms with van der Waals surface area (Å²) in [5, 5.41) is 0. The van der Waals surface area contributed by atoms with Gasteiger partial charge < -0.3 is 5.73 Å². The molecule has 0 atom stereocenters. The van der Waals surface area contributed by atoms with Crippen molar-refractivity contribution in [3.8, 4) is 0 Å². The van der Waals surface area contributed by atoms with Gasteiger partial charge in [-0.25, -0.2) is 22.0 Å². The third-order valence-corrected chi connectivity index (χ3v) is 3.42. The second-order valence-corrected chi connectivity index (χ2v) is 4.73. The predicted molar refractivity (Wildman–Crippen MR) is 55.6 cm³/mol. The van der Waals surface area contributed by atoms with E-state index in [0.717, 1.165) is 6.07 Å². The quantitative estimate of drug-likeness (QED) is 0.610. The Bertz CT molecular complexity index is 462. The van der Waals surface area contributed by atoms with Gasteiger partial charge in [0.1, 0.15) is 5.82 Å². The molecule has 1 fully saturated rings. The molecule has 0 amide bonds. The third kappa shape index (κ3) is 2.21. The molecule has 0 aromatic heterocycles. The Balaban J connectivity index is 2.40. The maximum atomic E-state index is 13.6. The SMILES string of the molecule is NC1(c2c(F)ccc(F)c2F)CCC(F)(F)CC1. The smallest absolute Gasteiger partial charge is 0.248 e. The first-order chi connectivity index (χ1) is 8.25. The number of nitrogens with two attached hydrogens (primary N) is 1. The van der Waals surface area contributed by atoms with Crippen LogP contribution in [0.5, 0.6) is 0 Å². The van der Waals surface area contributed by atoms with Gasteiger partial charge in [-0.2, -0.15) is 0 Å². The molecule has 0 bridgehead atoms. The Hall–Kier alpha value is -1.17. The Morgan fingerprint density at radius 2 is 1.39 bits per heavy atom. The lowest BCUT2D eigenvalue weighted by Crippen LogP contribution is -2.45. The fourth-order valence-corrected chi connectivity index (χ4v) is 2.30. The molecule has 6 heteroatoms. The number of alkyl halides is 2. The van der Waals surface area contributed by atoms with Gasteiger partial charge in [0.15, 0.2) is 11.6 Å². The van der Waals surface area contributed by atoms with Crippen LogP contribution in [0.25, 0.3) is 0 Å². The average molecular weight is 265 g/mol. The van der Waals surface area contributed by atoms with Gasteiger partial charge in [-0.15, -0.1) is 0 Å². The fourth-order valence-electron chi connectivity index (χ4n) is 2.30. The van der Waals surface area contributed by atoms with Crippen molar-refractivity contribution in [1.82, 2.24) is 0 Å². The van der Waals surface area contributed by atoms with Gasteiger partial charge in [0.2, 0.25) is 5.92 Å². The highest BCUT2D eigenvalue weighted by Gasteiger charge is 2.44. The molecule has 2 N–H and O–H groups in total. The summed E-state index contributed by atoms with van der Waals surface area (Å²) in [4.78, 5) is 0. The van der Waals surface area contributed by atoms with E-state index in [1.165, 1.54) is 0 Å². The van der Waals surface area contributed by atoms with Crippen LogP contribution in [0.3, 0.4) is 0 Å². The second-order valence-electron chi connectivity index (χ2n) is 4.73. The molecule has 0 spiro atoms. The van der Waals surface area contributed by atoms with Crippen LogP contribution in [0, 0.1) is 17.5 Å². The first-order valence-electron chi connectivity index (χ1n) is 5.56. The van der Waals surface area contributed by atoms with Gasteiger partial charge in [0, 0.05) is 23.9 Å². The summed E-state index contributed by atoms with van der Waals surface area (Å²) in [6, 6.07) is 1.41. The molecule has 1 aromatic carbocycles. The number of hydrogen-bond acceptors (Lipinski definition) is 1. The fraction of sp³-hybridized carbons (Fsp3) is 0.500. The van der Waals surface area contributed by atoms with Crippen molar-refractivity contribution in [3.63, 3.8) is 0 Å². The summed E-state index contributed by atoms with van der Waals surface area (Å²) >= 11 is 0. The van der Waals surface area contributed by atoms with E-state index >= 15 is 0 Å². The Labute approximate surface area is 101 Å². The molecule has 0 unspecified atom stereocenters. The van der Waals surface area contributed by atoms with E-state index in [-0.39, 0.29) is 12.8 Å². The van der Waals surface area contributed by atoms with E-state index in [1.54, 1.807) is 0 Å². The molecule has 1 aromatic rings. The van der Waals surface area contributed by atoms with E-state index in [2.05, 4.69) is 0 Å². The molecule has 100 valence electrons. The van der Waals surface area contributed by atoms with Gasteiger partial charge in [-0.3, -0.25) is 0 Å². The summed E-state index contributed by atoms with van der Waals surface area (Å²) < 4.78 is 66.3. The lowest BCUT2D eigenvalue weighted by Gasteiger charge is -2.37. The standard InChI is InChI=1S/C12H12F5N/c13-7-1-2-8(14)10(15)9(7)11(18)3-5-12(16,17)6-4-11/h1-2H,3-6,18H2. The zero-order valence-electron chi connectivity index (χ0n) is 9.45. The van der Waals surface area contributed by atoms with E-state index in [4.69, 9.17) is 5.73 Å². The second kappa shape index (κ2) is 4.19. The zero-order valence-corrected chi connectivity index (χ0v) is 9.45. The van der Waals surface area contributed by atoms with E-state index in [0.29, 0.717) is 6.07 Å². The van der Waals surface area contributed by atoms with Crippen LogP contribution in [-0.4, -0.2) is 5.92 Å². The highest BCUT2D eigenvalue weighted by atomic mass is 19.3. The molecule has 0 radical (unpaired) electrons. The van der Waals surface area contributed by atoms with Crippen LogP contribution in [0.2, 0.25) is 0 Å². The summed E-state index contributed by atoms with van der Waals surface area (Å²) in [5.74, 6) is -6.48. The van der Waals surface area contributed by atoms with Crippen LogP contribution in [0.1, 0.15) is 31.2 Å². The van der Waals surface area contributed by atoms with Crippen LogP contribution < -0.4 is 5.73 Å². The molecule has 1 saturated carbocycles. The highest BCUT2D eigenvalue weighted by molar-refractivity contribution is 5.29. The van der Waals surface area contributed by atoms with Crippen LogP contribution >= 0.6 is 0 Å². The minimum absolute atomic E-state index is 0.280. The van der Waals surface area contributed by atoms with Crippen LogP contribution in [-0.2, 0) is 5.54 Å². The molecule has 18 heavy (non-hydrogen) atoms. The van der Waals surface area contributed by atoms with Crippen molar-refractivity contribution in [1.29, 1.82) is 0 Å². The van der Waals surface area contributed by atoms with Gasteiger partial charge >= 0.3 is 0 Å². The minimum atomic E-state index is -2.87. The molecule has 1 aliphatic rings. The largest absolute Gasteiger partial charge is 0.321 e. The summed E-state index contributed by atoms with van der Waals surface area (Å²) in [7, 11) is 0. The normalized spacial score (nSPS) is 21.9. The molecule has 0 aliphatic heterocycles. The van der Waals surface area contributed by atoms with E-state index in [1.807, 2.05) is 0 Å². The van der Waals surface area contributed by atoms with Gasteiger partial charge in [0.25, 0.3) is 0 Å².